The van der Waals surface area contributed by atoms with Gasteiger partial charge in [-0.3, -0.25) is 24.1 Å². The van der Waals surface area contributed by atoms with Gasteiger partial charge in [0.25, 0.3) is 0 Å². The Labute approximate surface area is 109 Å². The molecule has 100 valence electrons. The van der Waals surface area contributed by atoms with E-state index in [-0.39, 0.29) is 42.7 Å². The molecule has 1 aliphatic rings. The van der Waals surface area contributed by atoms with Gasteiger partial charge in [-0.05, 0) is 12.8 Å². The van der Waals surface area contributed by atoms with Crippen LogP contribution in [0.3, 0.4) is 0 Å². The number of nitrogens with zero attached hydrogens (tertiary/aromatic N) is 1. The molecule has 1 N–H and O–H groups in total. The Balaban J connectivity index is 2.39. The van der Waals surface area contributed by atoms with Crippen LogP contribution in [0.5, 0.6) is 0 Å². The summed E-state index contributed by atoms with van der Waals surface area (Å²) in [5, 5.41) is 7.83. The molecule has 0 saturated carbocycles. The molecule has 0 aromatic rings. The minimum atomic E-state index is -1.05. The van der Waals surface area contributed by atoms with Crippen molar-refractivity contribution >= 4 is 34.7 Å². The molecule has 1 fully saturated rings. The van der Waals surface area contributed by atoms with Crippen LogP contribution in [0.4, 0.5) is 0 Å². The maximum absolute atomic E-state index is 11.3. The predicted octanol–water partition coefficient (Wildman–Crippen LogP) is 0.648. The van der Waals surface area contributed by atoms with Gasteiger partial charge >= 0.3 is 5.97 Å². The fraction of sp³-hybridized carbons (Fsp3) is 0.636. The standard InChI is InChI=1S/C11H15NO5S/c1-7(13)18-8(11(16)17)3-2-6-12-9(14)4-5-10(12)15/h8H,2-6H2,1H3,(H,16,17). The minimum Gasteiger partial charge on any atom is -0.480 e. The number of aliphatic carboxylic acids is 1. The van der Waals surface area contributed by atoms with E-state index >= 15 is 0 Å². The summed E-state index contributed by atoms with van der Waals surface area (Å²) in [4.78, 5) is 45.5. The van der Waals surface area contributed by atoms with Crippen LogP contribution in [0.25, 0.3) is 0 Å². The van der Waals surface area contributed by atoms with E-state index in [1.165, 1.54) is 6.92 Å². The number of rotatable bonds is 6. The van der Waals surface area contributed by atoms with Crippen molar-refractivity contribution in [1.29, 1.82) is 0 Å². The van der Waals surface area contributed by atoms with Crippen molar-refractivity contribution in [2.45, 2.75) is 37.9 Å². The number of carboxylic acids is 1. The fourth-order valence-corrected chi connectivity index (χ4v) is 2.53. The molecule has 0 radical (unpaired) electrons. The Morgan fingerprint density at radius 2 is 1.89 bits per heavy atom. The van der Waals surface area contributed by atoms with Crippen LogP contribution < -0.4 is 0 Å². The van der Waals surface area contributed by atoms with E-state index in [2.05, 4.69) is 0 Å². The van der Waals surface area contributed by atoms with Gasteiger partial charge in [0.2, 0.25) is 11.8 Å². The van der Waals surface area contributed by atoms with Gasteiger partial charge < -0.3 is 5.11 Å². The molecule has 0 aliphatic carbocycles. The molecule has 18 heavy (non-hydrogen) atoms. The van der Waals surface area contributed by atoms with E-state index < -0.39 is 11.2 Å². The van der Waals surface area contributed by atoms with Crippen LogP contribution in [0.2, 0.25) is 0 Å². The minimum absolute atomic E-state index is 0.203. The highest BCUT2D eigenvalue weighted by Crippen LogP contribution is 2.19. The molecule has 1 atom stereocenters. The summed E-state index contributed by atoms with van der Waals surface area (Å²) in [6, 6.07) is 0. The molecule has 1 rings (SSSR count). The number of amides is 2. The maximum Gasteiger partial charge on any atom is 0.317 e. The topological polar surface area (TPSA) is 91.8 Å². The number of carbonyl (C=O) groups is 4. The number of imide groups is 1. The Morgan fingerprint density at radius 1 is 1.33 bits per heavy atom. The molecule has 0 bridgehead atoms. The van der Waals surface area contributed by atoms with E-state index in [0.29, 0.717) is 6.42 Å². The van der Waals surface area contributed by atoms with E-state index in [4.69, 9.17) is 5.11 Å². The van der Waals surface area contributed by atoms with Crippen LogP contribution >= 0.6 is 11.8 Å². The predicted molar refractivity (Wildman–Crippen MR) is 64.9 cm³/mol. The van der Waals surface area contributed by atoms with Gasteiger partial charge in [-0.15, -0.1) is 0 Å². The van der Waals surface area contributed by atoms with Gasteiger partial charge in [0.15, 0.2) is 5.12 Å². The average molecular weight is 273 g/mol. The first-order valence-electron chi connectivity index (χ1n) is 5.65. The number of hydrogen-bond acceptors (Lipinski definition) is 5. The summed E-state index contributed by atoms with van der Waals surface area (Å²) in [7, 11) is 0. The van der Waals surface area contributed by atoms with Crippen molar-refractivity contribution in [3.8, 4) is 0 Å². The van der Waals surface area contributed by atoms with Gasteiger partial charge in [-0.25, -0.2) is 0 Å². The van der Waals surface area contributed by atoms with Crippen molar-refractivity contribution in [1.82, 2.24) is 4.90 Å². The number of hydrogen-bond donors (Lipinski definition) is 1. The zero-order valence-electron chi connectivity index (χ0n) is 10.0. The number of thioether (sulfide) groups is 1. The van der Waals surface area contributed by atoms with Crippen LogP contribution in [0, 0.1) is 0 Å². The maximum atomic E-state index is 11.3. The third-order valence-corrected chi connectivity index (χ3v) is 3.64. The smallest absolute Gasteiger partial charge is 0.317 e. The van der Waals surface area contributed by atoms with Gasteiger partial charge in [0, 0.05) is 26.3 Å². The van der Waals surface area contributed by atoms with Crippen molar-refractivity contribution in [3.05, 3.63) is 0 Å². The largest absolute Gasteiger partial charge is 0.480 e. The lowest BCUT2D eigenvalue weighted by Gasteiger charge is -2.15. The Kier molecular flexibility index (Phi) is 5.33. The highest BCUT2D eigenvalue weighted by molar-refractivity contribution is 8.14. The second-order valence-electron chi connectivity index (χ2n) is 4.02. The summed E-state index contributed by atoms with van der Waals surface area (Å²) in [5.74, 6) is -1.45. The van der Waals surface area contributed by atoms with Crippen LogP contribution in [-0.2, 0) is 19.2 Å². The van der Waals surface area contributed by atoms with Gasteiger partial charge in [-0.1, -0.05) is 11.8 Å². The zero-order valence-corrected chi connectivity index (χ0v) is 10.9. The summed E-state index contributed by atoms with van der Waals surface area (Å²) < 4.78 is 0. The monoisotopic (exact) mass is 273 g/mol. The quantitative estimate of drug-likeness (QED) is 0.714. The average Bonchev–Trinajstić information content (AvgIpc) is 2.58. The van der Waals surface area contributed by atoms with Crippen molar-refractivity contribution in [3.63, 3.8) is 0 Å². The van der Waals surface area contributed by atoms with Gasteiger partial charge in [0.1, 0.15) is 5.25 Å². The second kappa shape index (κ2) is 6.53. The fourth-order valence-electron chi connectivity index (χ4n) is 1.74. The summed E-state index contributed by atoms with van der Waals surface area (Å²) in [5.41, 5.74) is 0. The van der Waals surface area contributed by atoms with Crippen molar-refractivity contribution in [2.75, 3.05) is 6.54 Å². The second-order valence-corrected chi connectivity index (χ2v) is 5.40. The Bertz CT molecular complexity index is 366. The summed E-state index contributed by atoms with van der Waals surface area (Å²) in [6.07, 6.45) is 1.14. The molecule has 0 aromatic heterocycles. The van der Waals surface area contributed by atoms with E-state index in [1.54, 1.807) is 0 Å². The van der Waals surface area contributed by atoms with Crippen LogP contribution in [0.1, 0.15) is 32.6 Å². The first-order valence-corrected chi connectivity index (χ1v) is 6.53. The highest BCUT2D eigenvalue weighted by Gasteiger charge is 2.29. The summed E-state index contributed by atoms with van der Waals surface area (Å²) in [6.45, 7) is 1.55. The first kappa shape index (κ1) is 14.7. The molecule has 1 heterocycles. The molecule has 1 unspecified atom stereocenters. The normalized spacial score (nSPS) is 17.1. The third-order valence-electron chi connectivity index (χ3n) is 2.59. The molecular formula is C11H15NO5S. The summed E-state index contributed by atoms with van der Waals surface area (Å²) >= 11 is 0.765. The molecule has 6 nitrogen and oxygen atoms in total. The molecule has 0 aromatic carbocycles. The highest BCUT2D eigenvalue weighted by atomic mass is 32.2. The van der Waals surface area contributed by atoms with Crippen molar-refractivity contribution < 1.29 is 24.3 Å². The molecule has 2 amide bonds. The molecule has 0 spiro atoms. The van der Waals surface area contributed by atoms with Crippen LogP contribution in [-0.4, -0.2) is 44.7 Å². The third kappa shape index (κ3) is 4.14. The zero-order chi connectivity index (χ0) is 13.7. The lowest BCUT2D eigenvalue weighted by molar-refractivity contribution is -0.138. The van der Waals surface area contributed by atoms with E-state index in [9.17, 15) is 19.2 Å². The molecule has 7 heteroatoms. The van der Waals surface area contributed by atoms with Gasteiger partial charge in [-0.2, -0.15) is 0 Å². The molecule has 1 saturated heterocycles. The van der Waals surface area contributed by atoms with Gasteiger partial charge in [0.05, 0.1) is 0 Å². The Morgan fingerprint density at radius 3 is 2.33 bits per heavy atom. The number of carbonyl (C=O) groups excluding carboxylic acids is 3. The first-order chi connectivity index (χ1) is 8.41. The number of carboxylic acid groups (broad SMARTS) is 1. The van der Waals surface area contributed by atoms with Crippen molar-refractivity contribution in [2.24, 2.45) is 0 Å². The SMILES string of the molecule is CC(=O)SC(CCCN1C(=O)CCC1=O)C(=O)O. The lowest BCUT2D eigenvalue weighted by atomic mass is 10.2. The molecular weight excluding hydrogens is 258 g/mol. The lowest BCUT2D eigenvalue weighted by Crippen LogP contribution is -2.31. The number of likely N-dealkylation sites (tertiary alicyclic amines) is 1. The Hall–Kier alpha value is -1.37. The van der Waals surface area contributed by atoms with Crippen LogP contribution in [0.15, 0.2) is 0 Å². The molecule has 1 aliphatic heterocycles. The van der Waals surface area contributed by atoms with E-state index in [1.807, 2.05) is 0 Å². The van der Waals surface area contributed by atoms with E-state index in [0.717, 1.165) is 16.7 Å².